The van der Waals surface area contributed by atoms with E-state index in [1.165, 1.54) is 0 Å². The fourth-order valence-electron chi connectivity index (χ4n) is 1.72. The van der Waals surface area contributed by atoms with Gasteiger partial charge < -0.3 is 10.4 Å². The van der Waals surface area contributed by atoms with Gasteiger partial charge in [0.05, 0.1) is 0 Å². The van der Waals surface area contributed by atoms with Gasteiger partial charge in [-0.25, -0.2) is 0 Å². The number of carbonyl (C=O) groups excluding carboxylic acids is 1. The van der Waals surface area contributed by atoms with E-state index in [0.717, 1.165) is 6.42 Å². The summed E-state index contributed by atoms with van der Waals surface area (Å²) in [5, 5.41) is 11.4. The quantitative estimate of drug-likeness (QED) is 0.608. The lowest BCUT2D eigenvalue weighted by atomic mass is 9.88. The molecule has 1 atom stereocenters. The minimum absolute atomic E-state index is 0.0271. The predicted octanol–water partition coefficient (Wildman–Crippen LogP) is 2.21. The van der Waals surface area contributed by atoms with E-state index >= 15 is 0 Å². The molecule has 0 rings (SSSR count). The first-order valence-corrected chi connectivity index (χ1v) is 6.06. The molecule has 0 bridgehead atoms. The Kier molecular flexibility index (Phi) is 8.11. The molecule has 0 aliphatic carbocycles. The van der Waals surface area contributed by atoms with Gasteiger partial charge in [0.2, 0.25) is 5.91 Å². The second-order valence-electron chi connectivity index (χ2n) is 4.57. The van der Waals surface area contributed by atoms with Crippen LogP contribution in [-0.4, -0.2) is 23.5 Å². The molecular formula is C13H23NO3. The highest BCUT2D eigenvalue weighted by Gasteiger charge is 2.14. The molecule has 0 fully saturated rings. The highest BCUT2D eigenvalue weighted by Crippen LogP contribution is 2.20. The maximum atomic E-state index is 11.2. The van der Waals surface area contributed by atoms with E-state index in [1.54, 1.807) is 6.08 Å². The fourth-order valence-corrected chi connectivity index (χ4v) is 1.72. The Morgan fingerprint density at radius 1 is 1.35 bits per heavy atom. The molecule has 2 N–H and O–H groups in total. The van der Waals surface area contributed by atoms with E-state index < -0.39 is 5.97 Å². The van der Waals surface area contributed by atoms with Crippen LogP contribution in [0, 0.1) is 11.8 Å². The third-order valence-electron chi connectivity index (χ3n) is 2.84. The van der Waals surface area contributed by atoms with Crippen LogP contribution in [0.5, 0.6) is 0 Å². The predicted molar refractivity (Wildman–Crippen MR) is 67.6 cm³/mol. The summed E-state index contributed by atoms with van der Waals surface area (Å²) in [6.07, 6.45) is 3.60. The van der Waals surface area contributed by atoms with Gasteiger partial charge in [-0.2, -0.15) is 0 Å². The minimum atomic E-state index is -0.758. The number of aliphatic carboxylic acids is 1. The highest BCUT2D eigenvalue weighted by molar-refractivity contribution is 5.77. The van der Waals surface area contributed by atoms with E-state index in [4.69, 9.17) is 5.11 Å². The largest absolute Gasteiger partial charge is 0.481 e. The fraction of sp³-hybridized carbons (Fsp3) is 0.692. The summed E-state index contributed by atoms with van der Waals surface area (Å²) in [5.74, 6) is -0.00660. The van der Waals surface area contributed by atoms with E-state index in [2.05, 4.69) is 25.7 Å². The number of carbonyl (C=O) groups is 2. The molecule has 0 aliphatic rings. The number of hydrogen-bond acceptors (Lipinski definition) is 2. The monoisotopic (exact) mass is 241 g/mol. The first kappa shape index (κ1) is 15.7. The van der Waals surface area contributed by atoms with E-state index in [0.29, 0.717) is 31.2 Å². The first-order chi connectivity index (χ1) is 7.97. The average Bonchev–Trinajstić information content (AvgIpc) is 2.22. The topological polar surface area (TPSA) is 66.4 Å². The second kappa shape index (κ2) is 8.79. The average molecular weight is 241 g/mol. The lowest BCUT2D eigenvalue weighted by Gasteiger charge is -2.20. The van der Waals surface area contributed by atoms with E-state index in [-0.39, 0.29) is 12.3 Å². The molecule has 0 aromatic carbocycles. The van der Waals surface area contributed by atoms with Crippen molar-refractivity contribution in [3.05, 3.63) is 12.7 Å². The number of carboxylic acids is 1. The van der Waals surface area contributed by atoms with Crippen molar-refractivity contribution in [2.45, 2.75) is 39.5 Å². The third kappa shape index (κ3) is 8.48. The Labute approximate surface area is 103 Å². The van der Waals surface area contributed by atoms with Crippen molar-refractivity contribution >= 4 is 11.9 Å². The Bertz CT molecular complexity index is 261. The molecule has 0 radical (unpaired) electrons. The molecular weight excluding hydrogens is 218 g/mol. The van der Waals surface area contributed by atoms with Gasteiger partial charge in [0.1, 0.15) is 0 Å². The molecule has 1 amide bonds. The molecule has 98 valence electrons. The summed E-state index contributed by atoms with van der Waals surface area (Å²) >= 11 is 0. The van der Waals surface area contributed by atoms with Gasteiger partial charge >= 0.3 is 5.97 Å². The van der Waals surface area contributed by atoms with Crippen LogP contribution in [0.4, 0.5) is 0 Å². The van der Waals surface area contributed by atoms with Gasteiger partial charge in [0, 0.05) is 19.4 Å². The molecule has 0 saturated carbocycles. The van der Waals surface area contributed by atoms with Crippen molar-refractivity contribution in [1.82, 2.24) is 5.32 Å². The number of rotatable bonds is 9. The highest BCUT2D eigenvalue weighted by atomic mass is 16.4. The van der Waals surface area contributed by atoms with Crippen molar-refractivity contribution in [1.29, 1.82) is 0 Å². The molecule has 4 nitrogen and oxygen atoms in total. The molecule has 0 saturated heterocycles. The zero-order valence-electron chi connectivity index (χ0n) is 10.7. The molecule has 17 heavy (non-hydrogen) atoms. The van der Waals surface area contributed by atoms with Crippen LogP contribution < -0.4 is 5.32 Å². The molecule has 0 aromatic heterocycles. The molecule has 0 heterocycles. The van der Waals surface area contributed by atoms with Crippen LogP contribution in [0.3, 0.4) is 0 Å². The summed E-state index contributed by atoms with van der Waals surface area (Å²) in [6, 6.07) is 0. The SMILES string of the molecule is C=CCC(=O)NCCC(CCC(=O)O)C(C)C. The van der Waals surface area contributed by atoms with Gasteiger partial charge in [-0.15, -0.1) is 6.58 Å². The zero-order valence-corrected chi connectivity index (χ0v) is 10.7. The van der Waals surface area contributed by atoms with Crippen LogP contribution in [0.1, 0.15) is 39.5 Å². The van der Waals surface area contributed by atoms with Gasteiger partial charge in [0.25, 0.3) is 0 Å². The lowest BCUT2D eigenvalue weighted by Crippen LogP contribution is -2.26. The molecule has 0 aromatic rings. The van der Waals surface area contributed by atoms with Crippen molar-refractivity contribution in [2.24, 2.45) is 11.8 Å². The van der Waals surface area contributed by atoms with Crippen molar-refractivity contribution < 1.29 is 14.7 Å². The molecule has 1 unspecified atom stereocenters. The number of hydrogen-bond donors (Lipinski definition) is 2. The summed E-state index contributed by atoms with van der Waals surface area (Å²) in [7, 11) is 0. The van der Waals surface area contributed by atoms with Crippen molar-refractivity contribution in [3.63, 3.8) is 0 Å². The molecule has 0 spiro atoms. The smallest absolute Gasteiger partial charge is 0.303 e. The normalized spacial score (nSPS) is 12.2. The number of amides is 1. The number of nitrogens with one attached hydrogen (secondary N) is 1. The Morgan fingerprint density at radius 2 is 2.00 bits per heavy atom. The van der Waals surface area contributed by atoms with Gasteiger partial charge in [0.15, 0.2) is 0 Å². The molecule has 0 aliphatic heterocycles. The van der Waals surface area contributed by atoms with Crippen LogP contribution in [0.15, 0.2) is 12.7 Å². The standard InChI is InChI=1S/C13H23NO3/c1-4-5-12(15)14-9-8-11(10(2)3)6-7-13(16)17/h4,10-11H,1,5-9H2,2-3H3,(H,14,15)(H,16,17). The van der Waals surface area contributed by atoms with E-state index in [9.17, 15) is 9.59 Å². The third-order valence-corrected chi connectivity index (χ3v) is 2.84. The maximum absolute atomic E-state index is 11.2. The van der Waals surface area contributed by atoms with Crippen molar-refractivity contribution in [3.8, 4) is 0 Å². The Morgan fingerprint density at radius 3 is 2.47 bits per heavy atom. The zero-order chi connectivity index (χ0) is 13.3. The van der Waals surface area contributed by atoms with Gasteiger partial charge in [-0.3, -0.25) is 9.59 Å². The first-order valence-electron chi connectivity index (χ1n) is 6.06. The number of carboxylic acid groups (broad SMARTS) is 1. The summed E-state index contributed by atoms with van der Waals surface area (Å²) < 4.78 is 0. The summed E-state index contributed by atoms with van der Waals surface area (Å²) in [4.78, 5) is 21.7. The van der Waals surface area contributed by atoms with Crippen molar-refractivity contribution in [2.75, 3.05) is 6.54 Å². The maximum Gasteiger partial charge on any atom is 0.303 e. The van der Waals surface area contributed by atoms with Crippen LogP contribution >= 0.6 is 0 Å². The van der Waals surface area contributed by atoms with Crippen LogP contribution in [0.2, 0.25) is 0 Å². The second-order valence-corrected chi connectivity index (χ2v) is 4.57. The Balaban J connectivity index is 3.88. The summed E-state index contributed by atoms with van der Waals surface area (Å²) in [5.41, 5.74) is 0. The van der Waals surface area contributed by atoms with Gasteiger partial charge in [-0.05, 0) is 24.7 Å². The van der Waals surface area contributed by atoms with Gasteiger partial charge in [-0.1, -0.05) is 19.9 Å². The van der Waals surface area contributed by atoms with E-state index in [1.807, 2.05) is 0 Å². The summed E-state index contributed by atoms with van der Waals surface area (Å²) in [6.45, 7) is 8.26. The van der Waals surface area contributed by atoms with Crippen LogP contribution in [-0.2, 0) is 9.59 Å². The molecule has 4 heteroatoms. The Hall–Kier alpha value is -1.32. The minimum Gasteiger partial charge on any atom is -0.481 e. The lowest BCUT2D eigenvalue weighted by molar-refractivity contribution is -0.137. The van der Waals surface area contributed by atoms with Crippen LogP contribution in [0.25, 0.3) is 0 Å².